The number of fused-ring (bicyclic) bond motifs is 1. The minimum atomic E-state index is 0.0627. The lowest BCUT2D eigenvalue weighted by Gasteiger charge is -2.19. The number of hydrogen-bond acceptors (Lipinski definition) is 4. The third kappa shape index (κ3) is 2.97. The minimum Gasteiger partial charge on any atom is -0.497 e. The molecule has 0 aromatic heterocycles. The first-order valence-corrected chi connectivity index (χ1v) is 7.51. The molecule has 1 aliphatic rings. The molecule has 0 saturated carbocycles. The second kappa shape index (κ2) is 5.69. The predicted octanol–water partition coefficient (Wildman–Crippen LogP) is 3.31. The Morgan fingerprint density at radius 2 is 1.95 bits per heavy atom. The van der Waals surface area contributed by atoms with Gasteiger partial charge in [0.25, 0.3) is 0 Å². The van der Waals surface area contributed by atoms with E-state index in [1.54, 1.807) is 18.9 Å². The van der Waals surface area contributed by atoms with Gasteiger partial charge in [-0.3, -0.25) is 4.79 Å². The summed E-state index contributed by atoms with van der Waals surface area (Å²) in [5, 5.41) is 2.90. The lowest BCUT2D eigenvalue weighted by molar-refractivity contribution is -0.116. The molecule has 2 aromatic carbocycles. The van der Waals surface area contributed by atoms with E-state index < -0.39 is 0 Å². The highest BCUT2D eigenvalue weighted by Gasteiger charge is 2.17. The zero-order valence-corrected chi connectivity index (χ0v) is 12.5. The second-order valence-corrected chi connectivity index (χ2v) is 5.99. The molecular formula is C16H16N2O2S. The van der Waals surface area contributed by atoms with Crippen LogP contribution in [-0.4, -0.2) is 13.0 Å². The third-order valence-corrected chi connectivity index (χ3v) is 4.50. The monoisotopic (exact) mass is 300 g/mol. The predicted molar refractivity (Wildman–Crippen MR) is 84.9 cm³/mol. The van der Waals surface area contributed by atoms with E-state index in [0.29, 0.717) is 6.42 Å². The van der Waals surface area contributed by atoms with Gasteiger partial charge in [-0.2, -0.15) is 0 Å². The number of benzene rings is 2. The highest BCUT2D eigenvalue weighted by atomic mass is 32.2. The number of hydrogen-bond donors (Lipinski definition) is 2. The SMILES string of the molecule is COc1ccc(Sc2cc3c(cc2N)CCC(=O)N3)cc1. The Morgan fingerprint density at radius 3 is 2.67 bits per heavy atom. The number of rotatable bonds is 3. The van der Waals surface area contributed by atoms with Crippen LogP contribution in [0.2, 0.25) is 0 Å². The van der Waals surface area contributed by atoms with E-state index in [9.17, 15) is 4.79 Å². The lowest BCUT2D eigenvalue weighted by Crippen LogP contribution is -2.19. The van der Waals surface area contributed by atoms with Gasteiger partial charge in [-0.25, -0.2) is 0 Å². The van der Waals surface area contributed by atoms with Gasteiger partial charge in [0.05, 0.1) is 7.11 Å². The van der Waals surface area contributed by atoms with Gasteiger partial charge in [-0.15, -0.1) is 0 Å². The number of methoxy groups -OCH3 is 1. The smallest absolute Gasteiger partial charge is 0.224 e. The minimum absolute atomic E-state index is 0.0627. The Bertz CT molecular complexity index is 683. The van der Waals surface area contributed by atoms with Crippen molar-refractivity contribution in [1.82, 2.24) is 0 Å². The van der Waals surface area contributed by atoms with Gasteiger partial charge in [-0.1, -0.05) is 11.8 Å². The van der Waals surface area contributed by atoms with Gasteiger partial charge in [0.15, 0.2) is 0 Å². The van der Waals surface area contributed by atoms with Crippen LogP contribution in [0.3, 0.4) is 0 Å². The Morgan fingerprint density at radius 1 is 1.19 bits per heavy atom. The molecule has 108 valence electrons. The first-order valence-electron chi connectivity index (χ1n) is 6.70. The molecule has 4 nitrogen and oxygen atoms in total. The second-order valence-electron chi connectivity index (χ2n) is 4.87. The van der Waals surface area contributed by atoms with E-state index >= 15 is 0 Å². The Kier molecular flexibility index (Phi) is 3.75. The molecule has 2 aromatic rings. The van der Waals surface area contributed by atoms with E-state index in [1.807, 2.05) is 36.4 Å². The molecule has 0 bridgehead atoms. The molecule has 1 amide bonds. The molecule has 0 unspecified atom stereocenters. The summed E-state index contributed by atoms with van der Waals surface area (Å²) >= 11 is 1.58. The van der Waals surface area contributed by atoms with Crippen LogP contribution in [0, 0.1) is 0 Å². The van der Waals surface area contributed by atoms with Crippen molar-refractivity contribution in [3.63, 3.8) is 0 Å². The van der Waals surface area contributed by atoms with Gasteiger partial charge in [0.2, 0.25) is 5.91 Å². The average Bonchev–Trinajstić information content (AvgIpc) is 2.49. The highest BCUT2D eigenvalue weighted by molar-refractivity contribution is 7.99. The fourth-order valence-corrected chi connectivity index (χ4v) is 3.17. The first kappa shape index (κ1) is 13.8. The zero-order valence-electron chi connectivity index (χ0n) is 11.7. The number of ether oxygens (including phenoxy) is 1. The largest absolute Gasteiger partial charge is 0.497 e. The molecule has 1 aliphatic heterocycles. The lowest BCUT2D eigenvalue weighted by atomic mass is 10.0. The van der Waals surface area contributed by atoms with Gasteiger partial charge < -0.3 is 15.8 Å². The fraction of sp³-hybridized carbons (Fsp3) is 0.188. The van der Waals surface area contributed by atoms with Crippen LogP contribution in [0.1, 0.15) is 12.0 Å². The van der Waals surface area contributed by atoms with Crippen molar-refractivity contribution in [2.45, 2.75) is 22.6 Å². The molecule has 3 rings (SSSR count). The maximum absolute atomic E-state index is 11.5. The van der Waals surface area contributed by atoms with Crippen molar-refractivity contribution in [3.8, 4) is 5.75 Å². The van der Waals surface area contributed by atoms with Gasteiger partial charge >= 0.3 is 0 Å². The van der Waals surface area contributed by atoms with Crippen molar-refractivity contribution in [2.24, 2.45) is 0 Å². The number of anilines is 2. The van der Waals surface area contributed by atoms with E-state index in [0.717, 1.165) is 38.9 Å². The van der Waals surface area contributed by atoms with Crippen molar-refractivity contribution in [3.05, 3.63) is 42.0 Å². The quantitative estimate of drug-likeness (QED) is 0.854. The number of aryl methyl sites for hydroxylation is 1. The Labute approximate surface area is 127 Å². The summed E-state index contributed by atoms with van der Waals surface area (Å²) in [6.45, 7) is 0. The van der Waals surface area contributed by atoms with Crippen LogP contribution < -0.4 is 15.8 Å². The average molecular weight is 300 g/mol. The molecule has 3 N–H and O–H groups in total. The van der Waals surface area contributed by atoms with E-state index in [2.05, 4.69) is 5.32 Å². The van der Waals surface area contributed by atoms with Gasteiger partial charge in [-0.05, 0) is 48.4 Å². The normalized spacial score (nSPS) is 13.5. The molecule has 0 radical (unpaired) electrons. The van der Waals surface area contributed by atoms with Gasteiger partial charge in [0, 0.05) is 27.6 Å². The van der Waals surface area contributed by atoms with Crippen LogP contribution in [0.5, 0.6) is 5.75 Å². The fourth-order valence-electron chi connectivity index (χ4n) is 2.29. The van der Waals surface area contributed by atoms with Gasteiger partial charge in [0.1, 0.15) is 5.75 Å². The standard InChI is InChI=1S/C16H16N2O2S/c1-20-11-3-5-12(6-4-11)21-15-9-14-10(8-13(15)17)2-7-16(19)18-14/h3-6,8-9H,2,7,17H2,1H3,(H,18,19). The summed E-state index contributed by atoms with van der Waals surface area (Å²) in [7, 11) is 1.65. The maximum atomic E-state index is 11.5. The molecule has 0 atom stereocenters. The zero-order chi connectivity index (χ0) is 14.8. The van der Waals surface area contributed by atoms with Crippen molar-refractivity contribution < 1.29 is 9.53 Å². The summed E-state index contributed by atoms with van der Waals surface area (Å²) in [5.41, 5.74) is 8.84. The Balaban J connectivity index is 1.87. The number of amides is 1. The topological polar surface area (TPSA) is 64.3 Å². The molecule has 21 heavy (non-hydrogen) atoms. The van der Waals surface area contributed by atoms with Crippen molar-refractivity contribution in [1.29, 1.82) is 0 Å². The Hall–Kier alpha value is -2.14. The molecule has 0 fully saturated rings. The first-order chi connectivity index (χ1) is 10.2. The summed E-state index contributed by atoms with van der Waals surface area (Å²) in [5.74, 6) is 0.887. The van der Waals surface area contributed by atoms with E-state index in [4.69, 9.17) is 10.5 Å². The number of nitrogen functional groups attached to an aromatic ring is 1. The summed E-state index contributed by atoms with van der Waals surface area (Å²) in [4.78, 5) is 13.5. The number of nitrogens with two attached hydrogens (primary N) is 1. The van der Waals surface area contributed by atoms with E-state index in [1.165, 1.54) is 0 Å². The van der Waals surface area contributed by atoms with Crippen LogP contribution in [0.4, 0.5) is 11.4 Å². The van der Waals surface area contributed by atoms with E-state index in [-0.39, 0.29) is 5.91 Å². The van der Waals surface area contributed by atoms with Crippen LogP contribution in [0.25, 0.3) is 0 Å². The molecule has 0 spiro atoms. The molecule has 1 heterocycles. The molecule has 0 saturated heterocycles. The molecule has 0 aliphatic carbocycles. The maximum Gasteiger partial charge on any atom is 0.224 e. The number of carbonyl (C=O) groups excluding carboxylic acids is 1. The number of carbonyl (C=O) groups is 1. The highest BCUT2D eigenvalue weighted by Crippen LogP contribution is 2.37. The third-order valence-electron chi connectivity index (χ3n) is 3.42. The summed E-state index contributed by atoms with van der Waals surface area (Å²) in [6.07, 6.45) is 1.27. The van der Waals surface area contributed by atoms with Crippen LogP contribution in [0.15, 0.2) is 46.2 Å². The van der Waals surface area contributed by atoms with Crippen molar-refractivity contribution >= 4 is 29.0 Å². The molecular weight excluding hydrogens is 284 g/mol. The van der Waals surface area contributed by atoms with Crippen LogP contribution >= 0.6 is 11.8 Å². The van der Waals surface area contributed by atoms with Crippen LogP contribution in [-0.2, 0) is 11.2 Å². The number of nitrogens with one attached hydrogen (secondary N) is 1. The summed E-state index contributed by atoms with van der Waals surface area (Å²) in [6, 6.07) is 11.7. The van der Waals surface area contributed by atoms with Crippen molar-refractivity contribution in [2.75, 3.05) is 18.2 Å². The summed E-state index contributed by atoms with van der Waals surface area (Å²) < 4.78 is 5.15. The molecule has 5 heteroatoms.